The number of carbonyl (C=O) groups is 1. The van der Waals surface area contributed by atoms with E-state index in [9.17, 15) is 4.79 Å². The minimum absolute atomic E-state index is 0.0903. The van der Waals surface area contributed by atoms with Crippen molar-refractivity contribution >= 4 is 33.5 Å². The van der Waals surface area contributed by atoms with Gasteiger partial charge in [-0.05, 0) is 38.0 Å². The number of ether oxygens (including phenoxy) is 1. The van der Waals surface area contributed by atoms with Crippen LogP contribution in [-0.2, 0) is 4.74 Å². The van der Waals surface area contributed by atoms with E-state index in [0.717, 1.165) is 22.4 Å². The van der Waals surface area contributed by atoms with Crippen LogP contribution in [0, 0.1) is 0 Å². The fourth-order valence-electron chi connectivity index (χ4n) is 1.84. The van der Waals surface area contributed by atoms with Crippen molar-refractivity contribution in [2.45, 2.75) is 30.8 Å². The van der Waals surface area contributed by atoms with Gasteiger partial charge in [0.15, 0.2) is 5.78 Å². The fraction of sp³-hybridized carbons (Fsp3) is 0.462. The minimum Gasteiger partial charge on any atom is -0.377 e. The highest BCUT2D eigenvalue weighted by Gasteiger charge is 2.15. The summed E-state index contributed by atoms with van der Waals surface area (Å²) in [6.07, 6.45) is 2.74. The molecule has 0 bridgehead atoms. The smallest absolute Gasteiger partial charge is 0.160 e. The maximum absolute atomic E-state index is 11.3. The molecule has 4 heteroatoms. The van der Waals surface area contributed by atoms with Crippen molar-refractivity contribution in [2.24, 2.45) is 0 Å². The van der Waals surface area contributed by atoms with E-state index in [2.05, 4.69) is 15.9 Å². The van der Waals surface area contributed by atoms with Gasteiger partial charge in [0.1, 0.15) is 0 Å². The highest BCUT2D eigenvalue weighted by Crippen LogP contribution is 2.28. The number of benzene rings is 1. The molecule has 0 radical (unpaired) electrons. The van der Waals surface area contributed by atoms with Crippen LogP contribution in [-0.4, -0.2) is 24.2 Å². The Morgan fingerprint density at radius 2 is 2.41 bits per heavy atom. The van der Waals surface area contributed by atoms with Crippen LogP contribution in [0.1, 0.15) is 30.1 Å². The lowest BCUT2D eigenvalue weighted by Gasteiger charge is -2.09. The lowest BCUT2D eigenvalue weighted by atomic mass is 10.2. The zero-order chi connectivity index (χ0) is 12.3. The SMILES string of the molecule is CC(=O)c1ccc(SCC2CCCO2)cc1Br. The molecule has 2 nitrogen and oxygen atoms in total. The molecule has 17 heavy (non-hydrogen) atoms. The van der Waals surface area contributed by atoms with Gasteiger partial charge >= 0.3 is 0 Å². The van der Waals surface area contributed by atoms with E-state index >= 15 is 0 Å². The molecule has 0 aromatic heterocycles. The summed E-state index contributed by atoms with van der Waals surface area (Å²) < 4.78 is 6.46. The monoisotopic (exact) mass is 314 g/mol. The Kier molecular flexibility index (Phi) is 4.65. The van der Waals surface area contributed by atoms with Gasteiger partial charge in [-0.25, -0.2) is 0 Å². The van der Waals surface area contributed by atoms with Crippen LogP contribution >= 0.6 is 27.7 Å². The van der Waals surface area contributed by atoms with Crippen LogP contribution < -0.4 is 0 Å². The Hall–Kier alpha value is -0.320. The van der Waals surface area contributed by atoms with Gasteiger partial charge in [0.2, 0.25) is 0 Å². The summed E-state index contributed by atoms with van der Waals surface area (Å²) in [5, 5.41) is 0. The molecular formula is C13H15BrO2S. The summed E-state index contributed by atoms with van der Waals surface area (Å²) in [7, 11) is 0. The number of halogens is 1. The van der Waals surface area contributed by atoms with E-state index < -0.39 is 0 Å². The van der Waals surface area contributed by atoms with E-state index in [0.29, 0.717) is 6.10 Å². The Morgan fingerprint density at radius 3 is 3.00 bits per heavy atom. The highest BCUT2D eigenvalue weighted by molar-refractivity contribution is 9.10. The van der Waals surface area contributed by atoms with Crippen LogP contribution in [0.15, 0.2) is 27.6 Å². The molecule has 1 saturated heterocycles. The van der Waals surface area contributed by atoms with Crippen molar-refractivity contribution in [1.82, 2.24) is 0 Å². The van der Waals surface area contributed by atoms with Crippen molar-refractivity contribution in [3.05, 3.63) is 28.2 Å². The van der Waals surface area contributed by atoms with Crippen LogP contribution in [0.3, 0.4) is 0 Å². The first kappa shape index (κ1) is 13.1. The number of hydrogen-bond acceptors (Lipinski definition) is 3. The van der Waals surface area contributed by atoms with Gasteiger partial charge in [0, 0.05) is 27.3 Å². The molecule has 0 N–H and O–H groups in total. The largest absolute Gasteiger partial charge is 0.377 e. The van der Waals surface area contributed by atoms with Crippen LogP contribution in [0.25, 0.3) is 0 Å². The molecule has 0 spiro atoms. The lowest BCUT2D eigenvalue weighted by molar-refractivity contribution is 0.101. The van der Waals surface area contributed by atoms with Gasteiger partial charge in [-0.3, -0.25) is 4.79 Å². The number of Topliss-reactive ketones (excluding diaryl/α,β-unsaturated/α-hetero) is 1. The summed E-state index contributed by atoms with van der Waals surface area (Å²) >= 11 is 5.22. The molecule has 1 unspecified atom stereocenters. The van der Waals surface area contributed by atoms with Crippen LogP contribution in [0.4, 0.5) is 0 Å². The Labute approximate surface area is 114 Å². The second-order valence-corrected chi connectivity index (χ2v) is 6.09. The molecule has 1 aromatic carbocycles. The molecule has 92 valence electrons. The van der Waals surface area contributed by atoms with Crippen molar-refractivity contribution in [2.75, 3.05) is 12.4 Å². The predicted molar refractivity (Wildman–Crippen MR) is 73.8 cm³/mol. The van der Waals surface area contributed by atoms with Crippen molar-refractivity contribution in [1.29, 1.82) is 0 Å². The molecule has 2 rings (SSSR count). The molecule has 1 fully saturated rings. The topological polar surface area (TPSA) is 26.3 Å². The van der Waals surface area contributed by atoms with E-state index in [1.165, 1.54) is 17.7 Å². The molecule has 0 aliphatic carbocycles. The van der Waals surface area contributed by atoms with Gasteiger partial charge in [0.25, 0.3) is 0 Å². The lowest BCUT2D eigenvalue weighted by Crippen LogP contribution is -2.07. The number of ketones is 1. The number of hydrogen-bond donors (Lipinski definition) is 0. The fourth-order valence-corrected chi connectivity index (χ4v) is 3.65. The number of thioether (sulfide) groups is 1. The summed E-state index contributed by atoms with van der Waals surface area (Å²) in [5.41, 5.74) is 0.742. The summed E-state index contributed by atoms with van der Waals surface area (Å²) in [6.45, 7) is 2.48. The minimum atomic E-state index is 0.0903. The molecule has 1 aliphatic rings. The Balaban J connectivity index is 1.97. The first-order valence-corrected chi connectivity index (χ1v) is 7.49. The van der Waals surface area contributed by atoms with E-state index in [4.69, 9.17) is 4.74 Å². The average molecular weight is 315 g/mol. The zero-order valence-corrected chi connectivity index (χ0v) is 12.1. The first-order valence-electron chi connectivity index (χ1n) is 5.71. The first-order chi connectivity index (χ1) is 8.16. The molecule has 1 aliphatic heterocycles. The Morgan fingerprint density at radius 1 is 1.59 bits per heavy atom. The molecule has 1 atom stereocenters. The number of carbonyl (C=O) groups excluding carboxylic acids is 1. The van der Waals surface area contributed by atoms with Crippen LogP contribution in [0.2, 0.25) is 0 Å². The van der Waals surface area contributed by atoms with E-state index in [1.807, 2.05) is 18.2 Å². The molecule has 1 aromatic rings. The molecular weight excluding hydrogens is 300 g/mol. The number of rotatable bonds is 4. The van der Waals surface area contributed by atoms with Crippen molar-refractivity contribution in [3.8, 4) is 0 Å². The molecule has 0 amide bonds. The second-order valence-electron chi connectivity index (χ2n) is 4.14. The van der Waals surface area contributed by atoms with Gasteiger partial charge in [-0.2, -0.15) is 0 Å². The van der Waals surface area contributed by atoms with E-state index in [-0.39, 0.29) is 5.78 Å². The van der Waals surface area contributed by atoms with Crippen molar-refractivity contribution < 1.29 is 9.53 Å². The summed E-state index contributed by atoms with van der Waals surface area (Å²) in [6, 6.07) is 5.89. The normalized spacial score (nSPS) is 19.5. The van der Waals surface area contributed by atoms with Crippen LogP contribution in [0.5, 0.6) is 0 Å². The Bertz CT molecular complexity index is 414. The summed E-state index contributed by atoms with van der Waals surface area (Å²) in [4.78, 5) is 12.5. The van der Waals surface area contributed by atoms with Crippen molar-refractivity contribution in [3.63, 3.8) is 0 Å². The second kappa shape index (κ2) is 6.03. The summed E-state index contributed by atoms with van der Waals surface area (Å²) in [5.74, 6) is 1.08. The predicted octanol–water partition coefficient (Wildman–Crippen LogP) is 3.92. The third-order valence-corrected chi connectivity index (χ3v) is 4.56. The molecule has 0 saturated carbocycles. The zero-order valence-electron chi connectivity index (χ0n) is 9.74. The highest BCUT2D eigenvalue weighted by atomic mass is 79.9. The van der Waals surface area contributed by atoms with Gasteiger partial charge in [0.05, 0.1) is 6.10 Å². The molecule has 1 heterocycles. The third-order valence-electron chi connectivity index (χ3n) is 2.78. The maximum Gasteiger partial charge on any atom is 0.160 e. The van der Waals surface area contributed by atoms with Gasteiger partial charge in [-0.15, -0.1) is 11.8 Å². The standard InChI is InChI=1S/C13H15BrO2S/c1-9(15)12-5-4-11(7-13(12)14)17-8-10-3-2-6-16-10/h4-5,7,10H,2-3,6,8H2,1H3. The van der Waals surface area contributed by atoms with Gasteiger partial charge in [-0.1, -0.05) is 15.9 Å². The third kappa shape index (κ3) is 3.57. The van der Waals surface area contributed by atoms with E-state index in [1.54, 1.807) is 18.7 Å². The van der Waals surface area contributed by atoms with Gasteiger partial charge < -0.3 is 4.74 Å². The quantitative estimate of drug-likeness (QED) is 0.622. The maximum atomic E-state index is 11.3. The average Bonchev–Trinajstić information content (AvgIpc) is 2.78.